The fraction of sp³-hybridized carbons (Fsp3) is 0.440. The van der Waals surface area contributed by atoms with Crippen molar-refractivity contribution in [2.24, 2.45) is 11.8 Å². The maximum Gasteiger partial charge on any atom is 0.160 e. The summed E-state index contributed by atoms with van der Waals surface area (Å²) in [5.41, 5.74) is 1.59. The second-order valence-electron chi connectivity index (χ2n) is 9.70. The Labute approximate surface area is 200 Å². The highest BCUT2D eigenvalue weighted by molar-refractivity contribution is 7.89. The van der Waals surface area contributed by atoms with Crippen LogP contribution in [0.1, 0.15) is 42.2 Å². The normalized spacial score (nSPS) is 31.0. The van der Waals surface area contributed by atoms with Crippen molar-refractivity contribution >= 4 is 17.0 Å². The largest absolute Gasteiger partial charge is 0.597 e. The molecular weight excluding hydrogens is 456 g/mol. The van der Waals surface area contributed by atoms with Crippen LogP contribution in [0.2, 0.25) is 0 Å². The van der Waals surface area contributed by atoms with Crippen molar-refractivity contribution in [3.8, 4) is 0 Å². The second-order valence-corrected chi connectivity index (χ2v) is 11.3. The van der Waals surface area contributed by atoms with Gasteiger partial charge in [-0.3, -0.25) is 0 Å². The topological polar surface area (TPSA) is 60.2 Å². The van der Waals surface area contributed by atoms with Gasteiger partial charge in [0, 0.05) is 65.9 Å². The number of aromatic nitrogens is 3. The van der Waals surface area contributed by atoms with Crippen molar-refractivity contribution in [3.63, 3.8) is 0 Å². The molecule has 2 aromatic carbocycles. The first-order valence-corrected chi connectivity index (χ1v) is 13.0. The molecule has 0 amide bonds. The van der Waals surface area contributed by atoms with Gasteiger partial charge in [0.2, 0.25) is 0 Å². The Morgan fingerprint density at radius 1 is 1.00 bits per heavy atom. The van der Waals surface area contributed by atoms with E-state index in [1.807, 2.05) is 51.0 Å². The van der Waals surface area contributed by atoms with Gasteiger partial charge in [-0.2, -0.15) is 0 Å². The Morgan fingerprint density at radius 3 is 2.41 bits per heavy atom. The highest BCUT2D eigenvalue weighted by atomic mass is 32.2. The van der Waals surface area contributed by atoms with Gasteiger partial charge in [0.15, 0.2) is 5.25 Å². The molecule has 3 fully saturated rings. The van der Waals surface area contributed by atoms with E-state index in [1.165, 1.54) is 12.1 Å². The van der Waals surface area contributed by atoms with Gasteiger partial charge in [0.1, 0.15) is 24.3 Å². The minimum Gasteiger partial charge on any atom is -0.597 e. The molecule has 3 heterocycles. The van der Waals surface area contributed by atoms with Crippen LogP contribution in [-0.4, -0.2) is 42.8 Å². The minimum absolute atomic E-state index is 0.0308. The van der Waals surface area contributed by atoms with Gasteiger partial charge in [-0.1, -0.05) is 30.3 Å². The van der Waals surface area contributed by atoms with Gasteiger partial charge in [0.05, 0.1) is 18.3 Å². The molecule has 6 nitrogen and oxygen atoms in total. The highest BCUT2D eigenvalue weighted by Crippen LogP contribution is 2.56. The molecule has 3 aliphatic rings. The second kappa shape index (κ2) is 8.62. The van der Waals surface area contributed by atoms with Crippen LogP contribution in [-0.2, 0) is 17.9 Å². The minimum atomic E-state index is -1.32. The SMILES string of the molecule is C[C@H]1CC[C@H](c2ccccc2)[S+]([O-])N1Cc1cc(F)c(N2C[C@@H]3[C@H](C2)[C@H]3n2cnnc2)cc1F. The summed E-state index contributed by atoms with van der Waals surface area (Å²) in [4.78, 5) is 1.94. The fourth-order valence-electron chi connectivity index (χ4n) is 5.75. The summed E-state index contributed by atoms with van der Waals surface area (Å²) in [6, 6.07) is 12.8. The first-order valence-electron chi connectivity index (χ1n) is 11.8. The van der Waals surface area contributed by atoms with E-state index in [4.69, 9.17) is 0 Å². The third kappa shape index (κ3) is 3.79. The van der Waals surface area contributed by atoms with Crippen molar-refractivity contribution < 1.29 is 13.3 Å². The molecule has 1 saturated carbocycles. The maximum atomic E-state index is 15.2. The Hall–Kier alpha value is -2.49. The summed E-state index contributed by atoms with van der Waals surface area (Å²) in [5.74, 6) is -0.0543. The summed E-state index contributed by atoms with van der Waals surface area (Å²) in [6.45, 7) is 3.51. The van der Waals surface area contributed by atoms with Gasteiger partial charge >= 0.3 is 0 Å². The molecule has 6 rings (SSSR count). The summed E-state index contributed by atoms with van der Waals surface area (Å²) >= 11 is -1.32. The van der Waals surface area contributed by atoms with Gasteiger partial charge in [-0.25, -0.2) is 8.78 Å². The lowest BCUT2D eigenvalue weighted by molar-refractivity contribution is 0.278. The number of anilines is 1. The van der Waals surface area contributed by atoms with E-state index in [1.54, 1.807) is 12.7 Å². The number of benzene rings is 2. The molecule has 2 aliphatic heterocycles. The van der Waals surface area contributed by atoms with Crippen LogP contribution in [0.5, 0.6) is 0 Å². The van der Waals surface area contributed by atoms with Gasteiger partial charge in [-0.15, -0.1) is 14.5 Å². The molecule has 34 heavy (non-hydrogen) atoms. The fourth-order valence-corrected chi connectivity index (χ4v) is 7.53. The number of nitrogens with zero attached hydrogens (tertiary/aromatic N) is 5. The summed E-state index contributed by atoms with van der Waals surface area (Å²) in [5, 5.41) is 7.61. The number of fused-ring (bicyclic) bond motifs is 1. The Morgan fingerprint density at radius 2 is 1.71 bits per heavy atom. The van der Waals surface area contributed by atoms with Crippen molar-refractivity contribution in [1.82, 2.24) is 19.1 Å². The van der Waals surface area contributed by atoms with E-state index < -0.39 is 23.0 Å². The van der Waals surface area contributed by atoms with Crippen molar-refractivity contribution in [3.05, 3.63) is 77.9 Å². The smallest absolute Gasteiger partial charge is 0.160 e. The zero-order valence-corrected chi connectivity index (χ0v) is 19.7. The number of hydrogen-bond donors (Lipinski definition) is 0. The van der Waals surface area contributed by atoms with Crippen LogP contribution in [0.15, 0.2) is 55.1 Å². The zero-order valence-electron chi connectivity index (χ0n) is 18.9. The van der Waals surface area contributed by atoms with Crippen LogP contribution in [0, 0.1) is 23.5 Å². The highest BCUT2D eigenvalue weighted by Gasteiger charge is 2.57. The van der Waals surface area contributed by atoms with Gasteiger partial charge < -0.3 is 14.0 Å². The lowest BCUT2D eigenvalue weighted by atomic mass is 10.0. The molecule has 2 saturated heterocycles. The molecule has 178 valence electrons. The third-order valence-electron chi connectivity index (χ3n) is 7.70. The zero-order chi connectivity index (χ0) is 23.4. The average Bonchev–Trinajstić information content (AvgIpc) is 3.21. The van der Waals surface area contributed by atoms with Gasteiger partial charge in [0.25, 0.3) is 0 Å². The van der Waals surface area contributed by atoms with Crippen LogP contribution in [0.4, 0.5) is 14.5 Å². The van der Waals surface area contributed by atoms with E-state index in [0.29, 0.717) is 36.7 Å². The first kappa shape index (κ1) is 22.0. The van der Waals surface area contributed by atoms with E-state index in [0.717, 1.165) is 18.4 Å². The number of piperidine rings is 1. The number of rotatable bonds is 5. The van der Waals surface area contributed by atoms with Gasteiger partial charge in [-0.05, 0) is 19.4 Å². The number of hydrogen-bond acceptors (Lipinski definition) is 5. The van der Waals surface area contributed by atoms with Crippen molar-refractivity contribution in [2.45, 2.75) is 43.6 Å². The molecule has 0 N–H and O–H groups in total. The molecule has 0 spiro atoms. The monoisotopic (exact) mass is 483 g/mol. The van der Waals surface area contributed by atoms with E-state index in [2.05, 4.69) is 10.2 Å². The van der Waals surface area contributed by atoms with Crippen molar-refractivity contribution in [2.75, 3.05) is 18.0 Å². The molecular formula is C25H27F2N5OS. The average molecular weight is 484 g/mol. The third-order valence-corrected chi connectivity index (χ3v) is 9.64. The Kier molecular flexibility index (Phi) is 5.58. The lowest BCUT2D eigenvalue weighted by Crippen LogP contribution is -2.44. The molecule has 0 radical (unpaired) electrons. The van der Waals surface area contributed by atoms with E-state index in [9.17, 15) is 4.55 Å². The van der Waals surface area contributed by atoms with E-state index in [-0.39, 0.29) is 23.4 Å². The molecule has 1 aliphatic carbocycles. The first-order chi connectivity index (χ1) is 16.5. The molecule has 3 aromatic rings. The van der Waals surface area contributed by atoms with Crippen LogP contribution < -0.4 is 4.90 Å². The van der Waals surface area contributed by atoms with Crippen LogP contribution >= 0.6 is 0 Å². The van der Waals surface area contributed by atoms with Crippen LogP contribution in [0.25, 0.3) is 0 Å². The molecule has 9 heteroatoms. The number of halogens is 2. The summed E-state index contributed by atoms with van der Waals surface area (Å²) in [7, 11) is 0. The lowest BCUT2D eigenvalue weighted by Gasteiger charge is -2.38. The predicted molar refractivity (Wildman–Crippen MR) is 126 cm³/mol. The molecule has 0 bridgehead atoms. The standard InChI is InChI=1S/C25H27F2N5OS/c1-16-7-8-24(17-5-3-2-4-6-17)34(33)32(16)11-18-9-22(27)23(10-21(18)26)30-12-19-20(13-30)25(19)31-14-28-29-15-31/h2-6,9-10,14-16,19-20,24-25H,7-8,11-13H2,1H3/t16-,19-,20+,24+,25+,34?/m0/s1. The Balaban J connectivity index is 1.17. The quantitative estimate of drug-likeness (QED) is 0.508. The summed E-state index contributed by atoms with van der Waals surface area (Å²) < 4.78 is 47.5. The summed E-state index contributed by atoms with van der Waals surface area (Å²) in [6.07, 6.45) is 5.11. The molecule has 6 atom stereocenters. The Bertz CT molecular complexity index is 1150. The maximum absolute atomic E-state index is 15.2. The van der Waals surface area contributed by atoms with E-state index >= 15 is 8.78 Å². The van der Waals surface area contributed by atoms with Crippen LogP contribution in [0.3, 0.4) is 0 Å². The molecule has 1 unspecified atom stereocenters. The molecule has 1 aromatic heterocycles. The van der Waals surface area contributed by atoms with Crippen molar-refractivity contribution in [1.29, 1.82) is 0 Å². The predicted octanol–water partition coefficient (Wildman–Crippen LogP) is 4.25.